The minimum Gasteiger partial charge on any atom is -0.314 e. The number of nitrogens with zero attached hydrogens (tertiary/aromatic N) is 3. The number of benzene rings is 1. The molecule has 4 rings (SSSR count). The predicted octanol–water partition coefficient (Wildman–Crippen LogP) is 2.27. The summed E-state index contributed by atoms with van der Waals surface area (Å²) in [5, 5.41) is 3.58. The minimum atomic E-state index is -3.49. The lowest BCUT2D eigenvalue weighted by Crippen LogP contribution is -2.45. The number of hydrogen-bond acceptors (Lipinski definition) is 6. The topological polar surface area (TPSA) is 75.2 Å². The Bertz CT molecular complexity index is 799. The molecule has 2 heterocycles. The number of rotatable bonds is 5. The maximum absolute atomic E-state index is 12.9. The lowest BCUT2D eigenvalue weighted by Gasteiger charge is -2.31. The monoisotopic (exact) mass is 388 g/mol. The molecule has 0 bridgehead atoms. The molecule has 0 spiro atoms. The summed E-state index contributed by atoms with van der Waals surface area (Å²) in [5.41, 5.74) is 1.14. The molecule has 2 fully saturated rings. The third-order valence-corrected chi connectivity index (χ3v) is 7.19. The first-order valence-corrected chi connectivity index (χ1v) is 10.3. The fourth-order valence-electron chi connectivity index (χ4n) is 3.08. The van der Waals surface area contributed by atoms with Crippen LogP contribution in [0.5, 0.6) is 0 Å². The van der Waals surface area contributed by atoms with Gasteiger partial charge >= 0.3 is 0 Å². The number of aromatic nitrogens is 2. The van der Waals surface area contributed by atoms with Crippen molar-refractivity contribution in [1.29, 1.82) is 0 Å². The number of nitrogens with one attached hydrogen (secondary N) is 1. The van der Waals surface area contributed by atoms with E-state index in [2.05, 4.69) is 14.1 Å². The molecule has 132 valence electrons. The zero-order valence-electron chi connectivity index (χ0n) is 13.2. The smallest absolute Gasteiger partial charge is 0.245 e. The third kappa shape index (κ3) is 3.57. The quantitative estimate of drug-likeness (QED) is 0.850. The van der Waals surface area contributed by atoms with Crippen LogP contribution >= 0.6 is 24.1 Å². The van der Waals surface area contributed by atoms with Crippen molar-refractivity contribution >= 4 is 45.2 Å². The summed E-state index contributed by atoms with van der Waals surface area (Å²) in [4.78, 5) is 0.285. The summed E-state index contributed by atoms with van der Waals surface area (Å²) in [6, 6.07) is 5.61. The van der Waals surface area contributed by atoms with Gasteiger partial charge in [-0.1, -0.05) is 6.07 Å². The van der Waals surface area contributed by atoms with Crippen LogP contribution in [0.1, 0.15) is 25.7 Å². The van der Waals surface area contributed by atoms with Crippen molar-refractivity contribution in [2.24, 2.45) is 5.92 Å². The van der Waals surface area contributed by atoms with Crippen LogP contribution in [0.4, 0.5) is 0 Å². The van der Waals surface area contributed by atoms with E-state index in [0.717, 1.165) is 37.0 Å². The number of piperidine rings is 1. The number of fused-ring (bicyclic) bond motifs is 1. The minimum absolute atomic E-state index is 0. The van der Waals surface area contributed by atoms with Crippen LogP contribution in [0.15, 0.2) is 23.1 Å². The highest BCUT2D eigenvalue weighted by atomic mass is 35.5. The van der Waals surface area contributed by atoms with Crippen molar-refractivity contribution in [2.45, 2.75) is 36.6 Å². The second kappa shape index (κ2) is 7.21. The molecule has 1 saturated heterocycles. The molecule has 9 heteroatoms. The Kier molecular flexibility index (Phi) is 5.41. The van der Waals surface area contributed by atoms with Gasteiger partial charge in [0.25, 0.3) is 0 Å². The molecule has 0 atom stereocenters. The average molecular weight is 389 g/mol. The fourth-order valence-corrected chi connectivity index (χ4v) is 5.31. The number of hydrogen-bond donors (Lipinski definition) is 1. The zero-order valence-corrected chi connectivity index (χ0v) is 15.7. The second-order valence-corrected chi connectivity index (χ2v) is 8.85. The van der Waals surface area contributed by atoms with Crippen molar-refractivity contribution in [2.75, 3.05) is 19.6 Å². The largest absolute Gasteiger partial charge is 0.314 e. The van der Waals surface area contributed by atoms with Crippen LogP contribution in [0.25, 0.3) is 11.0 Å². The SMILES string of the molecule is Cl.O=S(=O)(c1cccc2nsnc12)N1CCC(NCC2CC2)CC1. The zero-order chi connectivity index (χ0) is 15.9. The van der Waals surface area contributed by atoms with E-state index in [9.17, 15) is 8.42 Å². The van der Waals surface area contributed by atoms with E-state index in [0.29, 0.717) is 30.2 Å². The molecule has 2 aromatic rings. The van der Waals surface area contributed by atoms with Gasteiger partial charge in [0.05, 0.1) is 11.7 Å². The van der Waals surface area contributed by atoms with Crippen LogP contribution in [-0.2, 0) is 10.0 Å². The van der Waals surface area contributed by atoms with Gasteiger partial charge in [0.15, 0.2) is 0 Å². The Morgan fingerprint density at radius 1 is 1.17 bits per heavy atom. The summed E-state index contributed by atoms with van der Waals surface area (Å²) in [6.07, 6.45) is 4.42. The van der Waals surface area contributed by atoms with E-state index in [4.69, 9.17) is 0 Å². The average Bonchev–Trinajstić information content (AvgIpc) is 3.27. The summed E-state index contributed by atoms with van der Waals surface area (Å²) in [5.74, 6) is 0.853. The summed E-state index contributed by atoms with van der Waals surface area (Å²) in [6.45, 7) is 2.22. The van der Waals surface area contributed by atoms with Crippen molar-refractivity contribution in [3.63, 3.8) is 0 Å². The van der Waals surface area contributed by atoms with E-state index < -0.39 is 10.0 Å². The van der Waals surface area contributed by atoms with Crippen LogP contribution in [-0.4, -0.2) is 47.1 Å². The van der Waals surface area contributed by atoms with Crippen molar-refractivity contribution < 1.29 is 8.42 Å². The summed E-state index contributed by atoms with van der Waals surface area (Å²) in [7, 11) is -3.49. The van der Waals surface area contributed by atoms with Gasteiger partial charge in [0.2, 0.25) is 10.0 Å². The number of halogens is 1. The predicted molar refractivity (Wildman–Crippen MR) is 97.2 cm³/mol. The molecule has 1 aromatic heterocycles. The van der Waals surface area contributed by atoms with E-state index in [1.807, 2.05) is 0 Å². The summed E-state index contributed by atoms with van der Waals surface area (Å²) < 4.78 is 35.7. The molecule has 1 aromatic carbocycles. The molecule has 24 heavy (non-hydrogen) atoms. The van der Waals surface area contributed by atoms with Gasteiger partial charge in [-0.25, -0.2) is 8.42 Å². The highest BCUT2D eigenvalue weighted by Gasteiger charge is 2.32. The molecule has 0 amide bonds. The number of sulfonamides is 1. The molecule has 1 aliphatic heterocycles. The maximum Gasteiger partial charge on any atom is 0.245 e. The van der Waals surface area contributed by atoms with Gasteiger partial charge in [-0.15, -0.1) is 12.4 Å². The molecule has 1 saturated carbocycles. The van der Waals surface area contributed by atoms with Crippen LogP contribution in [0.3, 0.4) is 0 Å². The maximum atomic E-state index is 12.9. The molecule has 0 radical (unpaired) electrons. The van der Waals surface area contributed by atoms with Gasteiger partial charge in [0.1, 0.15) is 15.9 Å². The van der Waals surface area contributed by atoms with Crippen molar-refractivity contribution in [3.05, 3.63) is 18.2 Å². The fraction of sp³-hybridized carbons (Fsp3) is 0.600. The van der Waals surface area contributed by atoms with E-state index in [-0.39, 0.29) is 17.3 Å². The van der Waals surface area contributed by atoms with Crippen LogP contribution in [0.2, 0.25) is 0 Å². The Balaban J connectivity index is 0.00000169. The molecule has 1 aliphatic carbocycles. The summed E-state index contributed by atoms with van der Waals surface area (Å²) >= 11 is 1.05. The Morgan fingerprint density at radius 3 is 2.62 bits per heavy atom. The van der Waals surface area contributed by atoms with Gasteiger partial charge < -0.3 is 5.32 Å². The molecular weight excluding hydrogens is 368 g/mol. The van der Waals surface area contributed by atoms with E-state index in [1.165, 1.54) is 12.8 Å². The first-order valence-electron chi connectivity index (χ1n) is 8.09. The Labute approximate surface area is 152 Å². The molecule has 0 unspecified atom stereocenters. The van der Waals surface area contributed by atoms with Crippen molar-refractivity contribution in [3.8, 4) is 0 Å². The van der Waals surface area contributed by atoms with Gasteiger partial charge in [-0.2, -0.15) is 13.1 Å². The van der Waals surface area contributed by atoms with Gasteiger partial charge in [-0.3, -0.25) is 0 Å². The molecule has 2 aliphatic rings. The van der Waals surface area contributed by atoms with E-state index in [1.54, 1.807) is 22.5 Å². The van der Waals surface area contributed by atoms with Crippen LogP contribution in [0, 0.1) is 5.92 Å². The Morgan fingerprint density at radius 2 is 1.92 bits per heavy atom. The van der Waals surface area contributed by atoms with Crippen LogP contribution < -0.4 is 5.32 Å². The Hall–Kier alpha value is -0.800. The van der Waals surface area contributed by atoms with Crippen molar-refractivity contribution in [1.82, 2.24) is 18.4 Å². The highest BCUT2D eigenvalue weighted by Crippen LogP contribution is 2.29. The second-order valence-electron chi connectivity index (χ2n) is 6.42. The molecular formula is C15H21ClN4O2S2. The van der Waals surface area contributed by atoms with Gasteiger partial charge in [-0.05, 0) is 50.3 Å². The lowest BCUT2D eigenvalue weighted by molar-refractivity contribution is 0.288. The normalized spacial score (nSPS) is 20.2. The third-order valence-electron chi connectivity index (χ3n) is 4.71. The molecule has 6 nitrogen and oxygen atoms in total. The first-order chi connectivity index (χ1) is 11.1. The first kappa shape index (κ1) is 18.0. The standard InChI is InChI=1S/C15H20N4O2S2.ClH/c20-23(21,14-3-1-2-13-15(14)18-22-17-13)19-8-6-12(7-9-19)16-10-11-4-5-11;/h1-3,11-12,16H,4-10H2;1H. The lowest BCUT2D eigenvalue weighted by atomic mass is 10.1. The van der Waals surface area contributed by atoms with Gasteiger partial charge in [0, 0.05) is 19.1 Å². The van der Waals surface area contributed by atoms with E-state index >= 15 is 0 Å². The highest BCUT2D eigenvalue weighted by molar-refractivity contribution is 7.89. The molecule has 1 N–H and O–H groups in total.